The fraction of sp³-hybridized carbons (Fsp3) is 0.214. The fourth-order valence-corrected chi connectivity index (χ4v) is 1.24. The third kappa shape index (κ3) is 5.02. The zero-order valence-electron chi connectivity index (χ0n) is 9.72. The zero-order valence-corrected chi connectivity index (χ0v) is 9.72. The lowest BCUT2D eigenvalue weighted by Crippen LogP contribution is -2.04. The van der Waals surface area contributed by atoms with E-state index in [1.54, 1.807) is 6.08 Å². The molecule has 0 aliphatic heterocycles. The summed E-state index contributed by atoms with van der Waals surface area (Å²) in [6.45, 7) is 7.76. The summed E-state index contributed by atoms with van der Waals surface area (Å²) in [5.41, 5.74) is 1.09. The average molecular weight is 232 g/mol. The lowest BCUT2D eigenvalue weighted by Gasteiger charge is -2.05. The molecule has 0 amide bonds. The van der Waals surface area contributed by atoms with Crippen molar-refractivity contribution in [2.75, 3.05) is 13.2 Å². The van der Waals surface area contributed by atoms with Crippen LogP contribution in [0.5, 0.6) is 5.75 Å². The molecule has 0 fully saturated rings. The van der Waals surface area contributed by atoms with Crippen LogP contribution in [-0.2, 0) is 16.0 Å². The number of ether oxygens (including phenoxy) is 2. The molecule has 0 spiro atoms. The number of rotatable bonds is 7. The van der Waals surface area contributed by atoms with Crippen LogP contribution in [-0.4, -0.2) is 19.2 Å². The first kappa shape index (κ1) is 13.0. The fourth-order valence-electron chi connectivity index (χ4n) is 1.24. The highest BCUT2D eigenvalue weighted by molar-refractivity contribution is 5.81. The SMILES string of the molecule is C=CCOc1ccc(CCOC(=O)C=C)cc1. The lowest BCUT2D eigenvalue weighted by atomic mass is 10.1. The van der Waals surface area contributed by atoms with E-state index in [2.05, 4.69) is 13.2 Å². The van der Waals surface area contributed by atoms with Crippen LogP contribution in [0.4, 0.5) is 0 Å². The molecule has 0 radical (unpaired) electrons. The quantitative estimate of drug-likeness (QED) is 0.411. The lowest BCUT2D eigenvalue weighted by molar-refractivity contribution is -0.137. The van der Waals surface area contributed by atoms with E-state index < -0.39 is 5.97 Å². The largest absolute Gasteiger partial charge is 0.490 e. The highest BCUT2D eigenvalue weighted by Crippen LogP contribution is 2.12. The van der Waals surface area contributed by atoms with Crippen LogP contribution in [0.15, 0.2) is 49.6 Å². The molecule has 0 N–H and O–H groups in total. The minimum atomic E-state index is -0.393. The molecule has 3 heteroatoms. The van der Waals surface area contributed by atoms with Crippen molar-refractivity contribution in [2.24, 2.45) is 0 Å². The summed E-state index contributed by atoms with van der Waals surface area (Å²) in [7, 11) is 0. The van der Waals surface area contributed by atoms with Gasteiger partial charge in [0, 0.05) is 12.5 Å². The minimum Gasteiger partial charge on any atom is -0.490 e. The maximum Gasteiger partial charge on any atom is 0.330 e. The Kier molecular flexibility index (Phi) is 5.58. The van der Waals surface area contributed by atoms with Gasteiger partial charge in [0.2, 0.25) is 0 Å². The number of benzene rings is 1. The van der Waals surface area contributed by atoms with Gasteiger partial charge in [-0.1, -0.05) is 31.4 Å². The molecule has 17 heavy (non-hydrogen) atoms. The van der Waals surface area contributed by atoms with Gasteiger partial charge in [-0.15, -0.1) is 0 Å². The molecule has 3 nitrogen and oxygen atoms in total. The number of carbonyl (C=O) groups excluding carboxylic acids is 1. The summed E-state index contributed by atoms with van der Waals surface area (Å²) in [6, 6.07) is 7.66. The van der Waals surface area contributed by atoms with Crippen molar-refractivity contribution in [3.63, 3.8) is 0 Å². The van der Waals surface area contributed by atoms with E-state index in [1.807, 2.05) is 24.3 Å². The molecule has 0 bridgehead atoms. The number of carbonyl (C=O) groups is 1. The molecule has 0 unspecified atom stereocenters. The molecule has 0 atom stereocenters. The Hall–Kier alpha value is -2.03. The first-order valence-corrected chi connectivity index (χ1v) is 5.38. The third-order valence-electron chi connectivity index (χ3n) is 2.09. The normalized spacial score (nSPS) is 9.41. The Balaban J connectivity index is 2.37. The topological polar surface area (TPSA) is 35.5 Å². The van der Waals surface area contributed by atoms with Gasteiger partial charge in [0.1, 0.15) is 12.4 Å². The van der Waals surface area contributed by atoms with Gasteiger partial charge in [0.05, 0.1) is 6.61 Å². The van der Waals surface area contributed by atoms with Crippen molar-refractivity contribution >= 4 is 5.97 Å². The molecule has 0 heterocycles. The Morgan fingerprint density at radius 1 is 1.24 bits per heavy atom. The van der Waals surface area contributed by atoms with E-state index in [-0.39, 0.29) is 0 Å². The van der Waals surface area contributed by atoms with Crippen LogP contribution in [0.3, 0.4) is 0 Å². The van der Waals surface area contributed by atoms with E-state index in [1.165, 1.54) is 0 Å². The molecule has 0 saturated heterocycles. The molecule has 0 saturated carbocycles. The van der Waals surface area contributed by atoms with Crippen molar-refractivity contribution in [3.8, 4) is 5.75 Å². The first-order valence-electron chi connectivity index (χ1n) is 5.38. The average Bonchev–Trinajstić information content (AvgIpc) is 2.37. The summed E-state index contributed by atoms with van der Waals surface area (Å²) < 4.78 is 10.2. The number of hydrogen-bond donors (Lipinski definition) is 0. The van der Waals surface area contributed by atoms with Gasteiger partial charge in [-0.2, -0.15) is 0 Å². The standard InChI is InChI=1S/C14H16O3/c1-3-10-16-13-7-5-12(6-8-13)9-11-17-14(15)4-2/h3-8H,1-2,9-11H2. The second-order valence-electron chi connectivity index (χ2n) is 3.37. The summed E-state index contributed by atoms with van der Waals surface area (Å²) >= 11 is 0. The summed E-state index contributed by atoms with van der Waals surface area (Å²) in [6.07, 6.45) is 3.54. The minimum absolute atomic E-state index is 0.359. The smallest absolute Gasteiger partial charge is 0.330 e. The van der Waals surface area contributed by atoms with E-state index in [0.29, 0.717) is 19.6 Å². The van der Waals surface area contributed by atoms with E-state index >= 15 is 0 Å². The Bertz CT molecular complexity index is 379. The predicted molar refractivity (Wildman–Crippen MR) is 67.0 cm³/mol. The van der Waals surface area contributed by atoms with Crippen LogP contribution in [0.25, 0.3) is 0 Å². The molecule has 90 valence electrons. The van der Waals surface area contributed by atoms with Gasteiger partial charge in [0.25, 0.3) is 0 Å². The molecule has 0 aromatic heterocycles. The van der Waals surface area contributed by atoms with Crippen molar-refractivity contribution in [1.29, 1.82) is 0 Å². The monoisotopic (exact) mass is 232 g/mol. The molecular formula is C14H16O3. The summed E-state index contributed by atoms with van der Waals surface area (Å²) in [5, 5.41) is 0. The molecule has 1 aromatic rings. The number of esters is 1. The molecular weight excluding hydrogens is 216 g/mol. The van der Waals surface area contributed by atoms with Crippen LogP contribution >= 0.6 is 0 Å². The van der Waals surface area contributed by atoms with Crippen LogP contribution in [0.1, 0.15) is 5.56 Å². The highest BCUT2D eigenvalue weighted by atomic mass is 16.5. The van der Waals surface area contributed by atoms with Crippen molar-refractivity contribution < 1.29 is 14.3 Å². The van der Waals surface area contributed by atoms with Crippen LogP contribution in [0.2, 0.25) is 0 Å². The Morgan fingerprint density at radius 2 is 1.94 bits per heavy atom. The van der Waals surface area contributed by atoms with Crippen molar-refractivity contribution in [1.82, 2.24) is 0 Å². The summed E-state index contributed by atoms with van der Waals surface area (Å²) in [5.74, 6) is 0.410. The van der Waals surface area contributed by atoms with Gasteiger partial charge < -0.3 is 9.47 Å². The zero-order chi connectivity index (χ0) is 12.5. The van der Waals surface area contributed by atoms with Gasteiger partial charge in [-0.05, 0) is 17.7 Å². The van der Waals surface area contributed by atoms with Gasteiger partial charge in [-0.25, -0.2) is 4.79 Å². The highest BCUT2D eigenvalue weighted by Gasteiger charge is 1.98. The molecule has 1 rings (SSSR count). The van der Waals surface area contributed by atoms with Gasteiger partial charge in [0.15, 0.2) is 0 Å². The van der Waals surface area contributed by atoms with Gasteiger partial charge >= 0.3 is 5.97 Å². The molecule has 0 aliphatic carbocycles. The molecule has 1 aromatic carbocycles. The third-order valence-corrected chi connectivity index (χ3v) is 2.09. The predicted octanol–water partition coefficient (Wildman–Crippen LogP) is 2.52. The van der Waals surface area contributed by atoms with Crippen LogP contribution < -0.4 is 4.74 Å². The summed E-state index contributed by atoms with van der Waals surface area (Å²) in [4.78, 5) is 10.8. The molecule has 0 aliphatic rings. The van der Waals surface area contributed by atoms with Crippen molar-refractivity contribution in [2.45, 2.75) is 6.42 Å². The van der Waals surface area contributed by atoms with Crippen LogP contribution in [0, 0.1) is 0 Å². The maximum atomic E-state index is 10.8. The van der Waals surface area contributed by atoms with Crippen molar-refractivity contribution in [3.05, 3.63) is 55.1 Å². The van der Waals surface area contributed by atoms with Gasteiger partial charge in [-0.3, -0.25) is 0 Å². The number of hydrogen-bond acceptors (Lipinski definition) is 3. The Morgan fingerprint density at radius 3 is 2.53 bits per heavy atom. The Labute approximate surface area is 101 Å². The van der Waals surface area contributed by atoms with E-state index in [4.69, 9.17) is 9.47 Å². The first-order chi connectivity index (χ1) is 8.26. The second kappa shape index (κ2) is 7.28. The van der Waals surface area contributed by atoms with E-state index in [9.17, 15) is 4.79 Å². The maximum absolute atomic E-state index is 10.8. The second-order valence-corrected chi connectivity index (χ2v) is 3.37. The van der Waals surface area contributed by atoms with E-state index in [0.717, 1.165) is 17.4 Å².